The summed E-state index contributed by atoms with van der Waals surface area (Å²) in [4.78, 5) is 18.7. The van der Waals surface area contributed by atoms with Crippen molar-refractivity contribution in [1.29, 1.82) is 0 Å². The number of aromatic nitrogens is 1. The molecule has 2 aliphatic rings. The molecule has 4 nitrogen and oxygen atoms in total. The Morgan fingerprint density at radius 3 is 3.00 bits per heavy atom. The predicted molar refractivity (Wildman–Crippen MR) is 90.0 cm³/mol. The van der Waals surface area contributed by atoms with E-state index >= 15 is 0 Å². The number of pyridine rings is 1. The molecule has 0 bridgehead atoms. The fourth-order valence-corrected chi connectivity index (χ4v) is 3.97. The summed E-state index contributed by atoms with van der Waals surface area (Å²) in [5.74, 6) is 1.41. The second-order valence-corrected chi connectivity index (χ2v) is 7.49. The average Bonchev–Trinajstić information content (AvgIpc) is 3.14. The Morgan fingerprint density at radius 1 is 1.35 bits per heavy atom. The molecule has 5 heteroatoms. The summed E-state index contributed by atoms with van der Waals surface area (Å²) in [6.45, 7) is 1.27. The molecular weight excluding hydrogens is 308 g/mol. The fourth-order valence-electron chi connectivity index (χ4n) is 2.80. The van der Waals surface area contributed by atoms with Crippen molar-refractivity contribution in [3.63, 3.8) is 0 Å². The third kappa shape index (κ3) is 3.55. The van der Waals surface area contributed by atoms with Gasteiger partial charge in [-0.15, -0.1) is 11.3 Å². The van der Waals surface area contributed by atoms with Crippen LogP contribution in [0.25, 0.3) is 0 Å². The molecule has 1 amide bonds. The van der Waals surface area contributed by atoms with Crippen molar-refractivity contribution >= 4 is 17.2 Å². The van der Waals surface area contributed by atoms with Crippen molar-refractivity contribution in [3.8, 4) is 5.88 Å². The zero-order valence-electron chi connectivity index (χ0n) is 13.0. The van der Waals surface area contributed by atoms with Gasteiger partial charge in [0.25, 0.3) is 5.91 Å². The van der Waals surface area contributed by atoms with Gasteiger partial charge in [0, 0.05) is 23.7 Å². The van der Waals surface area contributed by atoms with Crippen LogP contribution in [0.3, 0.4) is 0 Å². The number of aryl methyl sites for hydroxylation is 2. The number of amides is 1. The highest BCUT2D eigenvalue weighted by Crippen LogP contribution is 2.30. The molecule has 0 radical (unpaired) electrons. The normalized spacial score (nSPS) is 16.2. The van der Waals surface area contributed by atoms with E-state index in [0.29, 0.717) is 12.4 Å². The monoisotopic (exact) mass is 328 g/mol. The van der Waals surface area contributed by atoms with Crippen LogP contribution in [0, 0.1) is 5.92 Å². The molecule has 2 heterocycles. The first-order valence-corrected chi connectivity index (χ1v) is 9.07. The summed E-state index contributed by atoms with van der Waals surface area (Å²) in [6.07, 6.45) is 7.79. The molecule has 1 saturated carbocycles. The maximum absolute atomic E-state index is 12.2. The van der Waals surface area contributed by atoms with Gasteiger partial charge in [-0.1, -0.05) is 6.07 Å². The van der Waals surface area contributed by atoms with E-state index in [-0.39, 0.29) is 5.91 Å². The Bertz CT molecular complexity index is 683. The molecule has 23 heavy (non-hydrogen) atoms. The number of nitrogens with zero attached hydrogens (tertiary/aromatic N) is 1. The molecule has 2 aromatic heterocycles. The lowest BCUT2D eigenvalue weighted by atomic mass is 10.2. The number of hydrogen-bond donors (Lipinski definition) is 1. The molecular formula is C18H20N2O2S. The number of nitrogens with one attached hydrogen (secondary N) is 1. The fraction of sp³-hybridized carbons (Fsp3) is 0.444. The van der Waals surface area contributed by atoms with Crippen LogP contribution in [-0.2, 0) is 19.4 Å². The Morgan fingerprint density at radius 2 is 2.26 bits per heavy atom. The molecule has 0 atom stereocenters. The minimum atomic E-state index is 0.0125. The molecule has 0 unspecified atom stereocenters. The van der Waals surface area contributed by atoms with Gasteiger partial charge in [-0.3, -0.25) is 4.79 Å². The molecule has 0 saturated heterocycles. The van der Waals surface area contributed by atoms with Gasteiger partial charge >= 0.3 is 0 Å². The minimum Gasteiger partial charge on any atom is -0.477 e. The second kappa shape index (κ2) is 6.32. The SMILES string of the molecule is O=C(NCc1ccc(OCC2CC2)nc1)c1cc2c(s1)CCC2. The van der Waals surface area contributed by atoms with Crippen LogP contribution in [0.4, 0.5) is 0 Å². The largest absolute Gasteiger partial charge is 0.477 e. The van der Waals surface area contributed by atoms with Gasteiger partial charge in [0.1, 0.15) is 0 Å². The molecule has 4 rings (SSSR count). The van der Waals surface area contributed by atoms with E-state index in [9.17, 15) is 4.79 Å². The summed E-state index contributed by atoms with van der Waals surface area (Å²) < 4.78 is 5.62. The molecule has 0 aliphatic heterocycles. The number of fused-ring (bicyclic) bond motifs is 1. The van der Waals surface area contributed by atoms with Gasteiger partial charge in [-0.2, -0.15) is 0 Å². The topological polar surface area (TPSA) is 51.2 Å². The first-order valence-electron chi connectivity index (χ1n) is 8.25. The lowest BCUT2D eigenvalue weighted by Gasteiger charge is -2.06. The van der Waals surface area contributed by atoms with Crippen LogP contribution in [-0.4, -0.2) is 17.5 Å². The highest BCUT2D eigenvalue weighted by molar-refractivity contribution is 7.14. The van der Waals surface area contributed by atoms with Gasteiger partial charge in [0.15, 0.2) is 0 Å². The van der Waals surface area contributed by atoms with Gasteiger partial charge in [0.05, 0.1) is 11.5 Å². The van der Waals surface area contributed by atoms with Crippen molar-refractivity contribution in [2.45, 2.75) is 38.6 Å². The zero-order chi connectivity index (χ0) is 15.6. The van der Waals surface area contributed by atoms with Gasteiger partial charge in [-0.25, -0.2) is 4.98 Å². The quantitative estimate of drug-likeness (QED) is 0.885. The van der Waals surface area contributed by atoms with Crippen LogP contribution in [0.15, 0.2) is 24.4 Å². The van der Waals surface area contributed by atoms with Crippen LogP contribution in [0.2, 0.25) is 0 Å². The Labute approximate surface area is 139 Å². The maximum Gasteiger partial charge on any atom is 0.261 e. The molecule has 0 spiro atoms. The van der Waals surface area contributed by atoms with Crippen LogP contribution >= 0.6 is 11.3 Å². The van der Waals surface area contributed by atoms with Gasteiger partial charge < -0.3 is 10.1 Å². The van der Waals surface area contributed by atoms with Gasteiger partial charge in [-0.05, 0) is 55.2 Å². The number of hydrogen-bond acceptors (Lipinski definition) is 4. The van der Waals surface area contributed by atoms with E-state index in [0.717, 1.165) is 35.8 Å². The first kappa shape index (κ1) is 14.7. The van der Waals surface area contributed by atoms with Crippen molar-refractivity contribution < 1.29 is 9.53 Å². The molecule has 2 aliphatic carbocycles. The Hall–Kier alpha value is -1.88. The molecule has 120 valence electrons. The third-order valence-electron chi connectivity index (χ3n) is 4.38. The second-order valence-electron chi connectivity index (χ2n) is 6.35. The van der Waals surface area contributed by atoms with Crippen LogP contribution in [0.5, 0.6) is 5.88 Å². The number of carbonyl (C=O) groups excluding carboxylic acids is 1. The van der Waals surface area contributed by atoms with Crippen LogP contribution in [0.1, 0.15) is 44.9 Å². The van der Waals surface area contributed by atoms with Crippen molar-refractivity contribution in [2.24, 2.45) is 5.92 Å². The smallest absolute Gasteiger partial charge is 0.261 e. The molecule has 1 fully saturated rings. The average molecular weight is 328 g/mol. The van der Waals surface area contributed by atoms with Gasteiger partial charge in [0.2, 0.25) is 5.88 Å². The van der Waals surface area contributed by atoms with E-state index in [4.69, 9.17) is 4.74 Å². The van der Waals surface area contributed by atoms with E-state index in [1.165, 1.54) is 29.7 Å². The summed E-state index contributed by atoms with van der Waals surface area (Å²) in [5.41, 5.74) is 2.35. The number of rotatable bonds is 6. The summed E-state index contributed by atoms with van der Waals surface area (Å²) in [6, 6.07) is 5.89. The van der Waals surface area contributed by atoms with E-state index in [1.807, 2.05) is 12.1 Å². The summed E-state index contributed by atoms with van der Waals surface area (Å²) in [5, 5.41) is 2.97. The third-order valence-corrected chi connectivity index (χ3v) is 5.62. The minimum absolute atomic E-state index is 0.0125. The van der Waals surface area contributed by atoms with Crippen molar-refractivity contribution in [1.82, 2.24) is 10.3 Å². The predicted octanol–water partition coefficient (Wildman–Crippen LogP) is 3.35. The maximum atomic E-state index is 12.2. The van der Waals surface area contributed by atoms with Crippen LogP contribution < -0.4 is 10.1 Å². The Balaban J connectivity index is 1.29. The lowest BCUT2D eigenvalue weighted by molar-refractivity contribution is 0.0955. The highest BCUT2D eigenvalue weighted by atomic mass is 32.1. The van der Waals surface area contributed by atoms with E-state index < -0.39 is 0 Å². The number of ether oxygens (including phenoxy) is 1. The Kier molecular flexibility index (Phi) is 4.04. The van der Waals surface area contributed by atoms with Crippen molar-refractivity contribution in [3.05, 3.63) is 45.3 Å². The van der Waals surface area contributed by atoms with Crippen molar-refractivity contribution in [2.75, 3.05) is 6.61 Å². The number of carbonyl (C=O) groups is 1. The van der Waals surface area contributed by atoms with E-state index in [2.05, 4.69) is 16.4 Å². The summed E-state index contributed by atoms with van der Waals surface area (Å²) >= 11 is 1.64. The molecule has 1 N–H and O–H groups in total. The molecule has 0 aromatic carbocycles. The standard InChI is InChI=1S/C18H20N2O2S/c21-18(16-8-14-2-1-3-15(14)23-16)20-10-13-6-7-17(19-9-13)22-11-12-4-5-12/h6-9,12H,1-5,10-11H2,(H,20,21). The number of thiophene rings is 1. The molecule has 2 aromatic rings. The zero-order valence-corrected chi connectivity index (χ0v) is 13.8. The van der Waals surface area contributed by atoms with E-state index in [1.54, 1.807) is 17.5 Å². The first-order chi connectivity index (χ1) is 11.3. The summed E-state index contributed by atoms with van der Waals surface area (Å²) in [7, 11) is 0. The highest BCUT2D eigenvalue weighted by Gasteiger charge is 2.22. The lowest BCUT2D eigenvalue weighted by Crippen LogP contribution is -2.21.